The fraction of sp³-hybridized carbons (Fsp3) is 0.429. The highest BCUT2D eigenvalue weighted by Gasteiger charge is 2.04. The van der Waals surface area contributed by atoms with Gasteiger partial charge in [-0.15, -0.1) is 0 Å². The topological polar surface area (TPSA) is 70.1 Å². The van der Waals surface area contributed by atoms with E-state index < -0.39 is 0 Å². The molecule has 0 aliphatic heterocycles. The maximum atomic E-state index is 11.4. The van der Waals surface area contributed by atoms with Crippen LogP contribution >= 0.6 is 15.9 Å². The largest absolute Gasteiger partial charge is 0.396 e. The van der Waals surface area contributed by atoms with Crippen molar-refractivity contribution in [3.63, 3.8) is 0 Å². The minimum Gasteiger partial charge on any atom is -0.396 e. The Balaban J connectivity index is 2.97. The zero-order valence-electron chi connectivity index (χ0n) is 7.16. The molecule has 1 heterocycles. The summed E-state index contributed by atoms with van der Waals surface area (Å²) in [6.07, 6.45) is 1.43. The number of anilines is 1. The van der Waals surface area contributed by atoms with Gasteiger partial charge in [0.1, 0.15) is 4.47 Å². The number of nitrogens with two attached hydrogens (primary N) is 1. The Hall–Kier alpha value is -0.880. The highest BCUT2D eigenvalue weighted by molar-refractivity contribution is 9.10. The van der Waals surface area contributed by atoms with E-state index in [1.165, 1.54) is 10.9 Å². The molecule has 0 atom stereocenters. The summed E-state index contributed by atoms with van der Waals surface area (Å²) in [7, 11) is 1.57. The standard InChI is InChI=1S/C7H10BrN3O2/c1-13-3-2-11-7(12)6(8)5(9)4-10-11/h4H,2-3,9H2,1H3. The van der Waals surface area contributed by atoms with Crippen LogP contribution in [0.15, 0.2) is 15.5 Å². The number of aromatic nitrogens is 2. The van der Waals surface area contributed by atoms with Gasteiger partial charge in [-0.1, -0.05) is 0 Å². The molecule has 2 N–H and O–H groups in total. The molecule has 0 fully saturated rings. The van der Waals surface area contributed by atoms with Crippen molar-refractivity contribution in [1.82, 2.24) is 9.78 Å². The summed E-state index contributed by atoms with van der Waals surface area (Å²) >= 11 is 3.08. The number of nitrogen functional groups attached to an aromatic ring is 1. The Morgan fingerprint density at radius 1 is 1.77 bits per heavy atom. The summed E-state index contributed by atoms with van der Waals surface area (Å²) in [6, 6.07) is 0. The highest BCUT2D eigenvalue weighted by Crippen LogP contribution is 2.10. The number of nitrogens with zero attached hydrogens (tertiary/aromatic N) is 2. The van der Waals surface area contributed by atoms with E-state index in [4.69, 9.17) is 10.5 Å². The lowest BCUT2D eigenvalue weighted by Gasteiger charge is -2.04. The third-order valence-corrected chi connectivity index (χ3v) is 2.32. The van der Waals surface area contributed by atoms with E-state index in [2.05, 4.69) is 21.0 Å². The van der Waals surface area contributed by atoms with Crippen LogP contribution in [0.1, 0.15) is 0 Å². The lowest BCUT2D eigenvalue weighted by atomic mass is 10.5. The van der Waals surface area contributed by atoms with Gasteiger partial charge in [-0.3, -0.25) is 4.79 Å². The number of methoxy groups -OCH3 is 1. The van der Waals surface area contributed by atoms with Crippen molar-refractivity contribution in [3.8, 4) is 0 Å². The second kappa shape index (κ2) is 4.38. The molecule has 13 heavy (non-hydrogen) atoms. The van der Waals surface area contributed by atoms with Gasteiger partial charge in [0.15, 0.2) is 0 Å². The minimum atomic E-state index is -0.239. The maximum absolute atomic E-state index is 11.4. The Morgan fingerprint density at radius 2 is 2.46 bits per heavy atom. The summed E-state index contributed by atoms with van der Waals surface area (Å²) in [5.74, 6) is 0. The first-order chi connectivity index (χ1) is 6.16. The Morgan fingerprint density at radius 3 is 3.08 bits per heavy atom. The van der Waals surface area contributed by atoms with Crippen LogP contribution in [0.5, 0.6) is 0 Å². The number of rotatable bonds is 3. The van der Waals surface area contributed by atoms with Crippen LogP contribution in [0, 0.1) is 0 Å². The first-order valence-electron chi connectivity index (χ1n) is 3.67. The Labute approximate surface area is 83.6 Å². The van der Waals surface area contributed by atoms with Crippen LogP contribution in [0.2, 0.25) is 0 Å². The molecular weight excluding hydrogens is 238 g/mol. The van der Waals surface area contributed by atoms with Gasteiger partial charge < -0.3 is 10.5 Å². The lowest BCUT2D eigenvalue weighted by molar-refractivity contribution is 0.181. The van der Waals surface area contributed by atoms with Gasteiger partial charge in [-0.05, 0) is 15.9 Å². The first-order valence-corrected chi connectivity index (χ1v) is 4.46. The molecule has 0 saturated heterocycles. The SMILES string of the molecule is COCCn1ncc(N)c(Br)c1=O. The number of hydrogen-bond acceptors (Lipinski definition) is 4. The van der Waals surface area contributed by atoms with Crippen LogP contribution in [-0.4, -0.2) is 23.5 Å². The number of hydrogen-bond donors (Lipinski definition) is 1. The molecule has 0 radical (unpaired) electrons. The van der Waals surface area contributed by atoms with Crippen LogP contribution in [0.4, 0.5) is 5.69 Å². The van der Waals surface area contributed by atoms with Gasteiger partial charge >= 0.3 is 0 Å². The van der Waals surface area contributed by atoms with Crippen molar-refractivity contribution in [2.24, 2.45) is 0 Å². The van der Waals surface area contributed by atoms with Crippen LogP contribution in [0.3, 0.4) is 0 Å². The molecule has 5 nitrogen and oxygen atoms in total. The van der Waals surface area contributed by atoms with Gasteiger partial charge in [0.05, 0.1) is 25.0 Å². The third-order valence-electron chi connectivity index (χ3n) is 1.52. The van der Waals surface area contributed by atoms with E-state index in [0.717, 1.165) is 0 Å². The van der Waals surface area contributed by atoms with Gasteiger partial charge in [0.25, 0.3) is 5.56 Å². The lowest BCUT2D eigenvalue weighted by Crippen LogP contribution is -2.25. The fourth-order valence-corrected chi connectivity index (χ4v) is 1.12. The molecule has 0 bridgehead atoms. The van der Waals surface area contributed by atoms with Crippen LogP contribution < -0.4 is 11.3 Å². The van der Waals surface area contributed by atoms with Gasteiger partial charge in [0, 0.05) is 7.11 Å². The summed E-state index contributed by atoms with van der Waals surface area (Å²) in [5.41, 5.74) is 5.57. The van der Waals surface area contributed by atoms with E-state index in [-0.39, 0.29) is 5.56 Å². The Bertz CT molecular complexity index is 350. The van der Waals surface area contributed by atoms with E-state index in [9.17, 15) is 4.79 Å². The predicted octanol–water partition coefficient (Wildman–Crippen LogP) is 0.234. The quantitative estimate of drug-likeness (QED) is 0.831. The molecular formula is C7H10BrN3O2. The monoisotopic (exact) mass is 247 g/mol. The molecule has 0 unspecified atom stereocenters. The van der Waals surface area contributed by atoms with Crippen molar-refractivity contribution in [2.45, 2.75) is 6.54 Å². The molecule has 0 spiro atoms. The van der Waals surface area contributed by atoms with Crippen molar-refractivity contribution in [3.05, 3.63) is 21.0 Å². The molecule has 0 amide bonds. The molecule has 0 saturated carbocycles. The molecule has 1 aromatic heterocycles. The van der Waals surface area contributed by atoms with E-state index >= 15 is 0 Å². The second-order valence-corrected chi connectivity index (χ2v) is 3.23. The molecule has 0 aliphatic rings. The van der Waals surface area contributed by atoms with E-state index in [1.807, 2.05) is 0 Å². The number of ether oxygens (including phenoxy) is 1. The van der Waals surface area contributed by atoms with Crippen LogP contribution in [0.25, 0.3) is 0 Å². The van der Waals surface area contributed by atoms with E-state index in [0.29, 0.717) is 23.3 Å². The first kappa shape index (κ1) is 10.2. The maximum Gasteiger partial charge on any atom is 0.283 e. The van der Waals surface area contributed by atoms with Crippen molar-refractivity contribution < 1.29 is 4.74 Å². The molecule has 72 valence electrons. The summed E-state index contributed by atoms with van der Waals surface area (Å²) in [4.78, 5) is 11.4. The predicted molar refractivity (Wildman–Crippen MR) is 52.5 cm³/mol. The average Bonchev–Trinajstić information content (AvgIpc) is 2.13. The second-order valence-electron chi connectivity index (χ2n) is 2.43. The smallest absolute Gasteiger partial charge is 0.283 e. The third kappa shape index (κ3) is 2.28. The summed E-state index contributed by atoms with van der Waals surface area (Å²) in [5, 5.41) is 3.85. The van der Waals surface area contributed by atoms with Gasteiger partial charge in [0.2, 0.25) is 0 Å². The molecule has 0 aromatic carbocycles. The zero-order valence-corrected chi connectivity index (χ0v) is 8.74. The van der Waals surface area contributed by atoms with Crippen LogP contribution in [-0.2, 0) is 11.3 Å². The van der Waals surface area contributed by atoms with Crippen molar-refractivity contribution in [1.29, 1.82) is 0 Å². The zero-order chi connectivity index (χ0) is 9.84. The van der Waals surface area contributed by atoms with E-state index in [1.54, 1.807) is 7.11 Å². The van der Waals surface area contributed by atoms with Crippen molar-refractivity contribution >= 4 is 21.6 Å². The van der Waals surface area contributed by atoms with Gasteiger partial charge in [-0.2, -0.15) is 5.10 Å². The molecule has 0 aliphatic carbocycles. The van der Waals surface area contributed by atoms with Gasteiger partial charge in [-0.25, -0.2) is 4.68 Å². The number of halogens is 1. The molecule has 1 rings (SSSR count). The average molecular weight is 248 g/mol. The minimum absolute atomic E-state index is 0.239. The highest BCUT2D eigenvalue weighted by atomic mass is 79.9. The normalized spacial score (nSPS) is 10.3. The molecule has 1 aromatic rings. The fourth-order valence-electron chi connectivity index (χ4n) is 0.815. The Kier molecular flexibility index (Phi) is 3.44. The summed E-state index contributed by atoms with van der Waals surface area (Å²) in [6.45, 7) is 0.872. The molecule has 6 heteroatoms. The van der Waals surface area contributed by atoms with Crippen molar-refractivity contribution in [2.75, 3.05) is 19.5 Å². The summed E-state index contributed by atoms with van der Waals surface area (Å²) < 4.78 is 6.47.